The second kappa shape index (κ2) is 9.03. The maximum absolute atomic E-state index is 4.34. The van der Waals surface area contributed by atoms with Crippen LogP contribution >= 0.6 is 11.8 Å². The fourth-order valence-electron chi connectivity index (χ4n) is 2.82. The molecule has 0 spiro atoms. The summed E-state index contributed by atoms with van der Waals surface area (Å²) in [5, 5.41) is 7.79. The minimum absolute atomic E-state index is 0.566. The lowest BCUT2D eigenvalue weighted by molar-refractivity contribution is 0.614. The van der Waals surface area contributed by atoms with Crippen molar-refractivity contribution in [3.63, 3.8) is 0 Å². The van der Waals surface area contributed by atoms with Gasteiger partial charge in [-0.1, -0.05) is 13.0 Å². The van der Waals surface area contributed by atoms with Gasteiger partial charge in [0.1, 0.15) is 0 Å². The summed E-state index contributed by atoms with van der Waals surface area (Å²) in [4.78, 5) is 8.67. The number of rotatable bonds is 6. The van der Waals surface area contributed by atoms with Crippen LogP contribution in [0.1, 0.15) is 37.4 Å². The molecule has 1 aliphatic rings. The van der Waals surface area contributed by atoms with E-state index in [1.165, 1.54) is 30.6 Å². The largest absolute Gasteiger partial charge is 0.356 e. The number of nitrogens with zero attached hydrogens (tertiary/aromatic N) is 2. The molecule has 122 valence electrons. The number of guanidine groups is 1. The Bertz CT molecular complexity index is 472. The van der Waals surface area contributed by atoms with Gasteiger partial charge < -0.3 is 10.6 Å². The smallest absolute Gasteiger partial charge is 0.191 e. The number of pyridine rings is 1. The molecule has 0 radical (unpaired) electrons. The summed E-state index contributed by atoms with van der Waals surface area (Å²) in [5.41, 5.74) is 2.32. The van der Waals surface area contributed by atoms with Gasteiger partial charge in [0.15, 0.2) is 5.96 Å². The Kier molecular flexibility index (Phi) is 7.03. The summed E-state index contributed by atoms with van der Waals surface area (Å²) in [7, 11) is 1.84. The van der Waals surface area contributed by atoms with Crippen molar-refractivity contribution in [3.05, 3.63) is 29.6 Å². The molecule has 2 unspecified atom stereocenters. The van der Waals surface area contributed by atoms with Crippen molar-refractivity contribution in [2.45, 2.75) is 50.8 Å². The molecule has 0 aliphatic heterocycles. The normalized spacial score (nSPS) is 21.9. The zero-order valence-electron chi connectivity index (χ0n) is 13.9. The highest BCUT2D eigenvalue weighted by Gasteiger charge is 2.24. The molecule has 0 amide bonds. The minimum Gasteiger partial charge on any atom is -0.356 e. The van der Waals surface area contributed by atoms with Crippen molar-refractivity contribution < 1.29 is 0 Å². The summed E-state index contributed by atoms with van der Waals surface area (Å²) in [5.74, 6) is 2.14. The molecule has 0 saturated heterocycles. The molecule has 1 aromatic rings. The van der Waals surface area contributed by atoms with Crippen molar-refractivity contribution in [3.8, 4) is 0 Å². The van der Waals surface area contributed by atoms with Gasteiger partial charge in [-0.2, -0.15) is 11.8 Å². The zero-order valence-corrected chi connectivity index (χ0v) is 14.7. The lowest BCUT2D eigenvalue weighted by atomic mass is 10.2. The molecule has 5 heteroatoms. The average Bonchev–Trinajstić information content (AvgIpc) is 2.96. The van der Waals surface area contributed by atoms with Gasteiger partial charge in [-0.3, -0.25) is 9.98 Å². The fraction of sp³-hybridized carbons (Fsp3) is 0.647. The van der Waals surface area contributed by atoms with Crippen LogP contribution in [0, 0.1) is 6.92 Å². The fourth-order valence-corrected chi connectivity index (χ4v) is 3.96. The predicted molar refractivity (Wildman–Crippen MR) is 96.7 cm³/mol. The molecule has 0 aromatic carbocycles. The van der Waals surface area contributed by atoms with Crippen LogP contribution in [0.15, 0.2) is 23.3 Å². The van der Waals surface area contributed by atoms with Crippen molar-refractivity contribution in [1.82, 2.24) is 15.6 Å². The van der Waals surface area contributed by atoms with Gasteiger partial charge in [0.2, 0.25) is 0 Å². The van der Waals surface area contributed by atoms with E-state index in [2.05, 4.69) is 51.4 Å². The summed E-state index contributed by atoms with van der Waals surface area (Å²) < 4.78 is 0. The van der Waals surface area contributed by atoms with Crippen LogP contribution in [0.2, 0.25) is 0 Å². The molecule has 1 aliphatic carbocycles. The van der Waals surface area contributed by atoms with E-state index in [-0.39, 0.29) is 0 Å². The first kappa shape index (κ1) is 17.1. The summed E-state index contributed by atoms with van der Waals surface area (Å²) in [6, 6.07) is 4.77. The lowest BCUT2D eigenvalue weighted by Crippen LogP contribution is -2.43. The first-order valence-corrected chi connectivity index (χ1v) is 9.26. The van der Waals surface area contributed by atoms with Crippen LogP contribution < -0.4 is 10.6 Å². The quantitative estimate of drug-likeness (QED) is 0.625. The van der Waals surface area contributed by atoms with Gasteiger partial charge >= 0.3 is 0 Å². The van der Waals surface area contributed by atoms with E-state index >= 15 is 0 Å². The topological polar surface area (TPSA) is 49.3 Å². The van der Waals surface area contributed by atoms with Crippen molar-refractivity contribution in [2.75, 3.05) is 19.3 Å². The Morgan fingerprint density at radius 1 is 1.41 bits per heavy atom. The van der Waals surface area contributed by atoms with Gasteiger partial charge in [0.25, 0.3) is 0 Å². The van der Waals surface area contributed by atoms with Crippen molar-refractivity contribution in [2.24, 2.45) is 4.99 Å². The molecule has 2 rings (SSSR count). The number of aryl methyl sites for hydroxylation is 1. The number of aromatic nitrogens is 1. The van der Waals surface area contributed by atoms with Crippen molar-refractivity contribution in [1.29, 1.82) is 0 Å². The Morgan fingerprint density at radius 2 is 2.27 bits per heavy atom. The molecular formula is C17H28N4S. The van der Waals surface area contributed by atoms with E-state index in [0.717, 1.165) is 29.9 Å². The second-order valence-corrected chi connectivity index (χ2v) is 7.37. The van der Waals surface area contributed by atoms with E-state index in [1.807, 2.05) is 20.2 Å². The number of nitrogens with one attached hydrogen (secondary N) is 2. The summed E-state index contributed by atoms with van der Waals surface area (Å²) in [6.45, 7) is 5.13. The molecular weight excluding hydrogens is 292 g/mol. The Balaban J connectivity index is 1.70. The van der Waals surface area contributed by atoms with E-state index in [1.54, 1.807) is 0 Å². The molecule has 1 fully saturated rings. The number of aliphatic imine (C=N–C) groups is 1. The third-order valence-corrected chi connectivity index (χ3v) is 5.26. The molecule has 2 N–H and O–H groups in total. The first-order valence-electron chi connectivity index (χ1n) is 8.21. The van der Waals surface area contributed by atoms with E-state index in [0.29, 0.717) is 6.04 Å². The van der Waals surface area contributed by atoms with E-state index < -0.39 is 0 Å². The molecule has 1 aromatic heterocycles. The number of hydrogen-bond donors (Lipinski definition) is 2. The minimum atomic E-state index is 0.566. The third-order valence-electron chi connectivity index (χ3n) is 4.03. The highest BCUT2D eigenvalue weighted by atomic mass is 32.2. The Labute approximate surface area is 138 Å². The van der Waals surface area contributed by atoms with E-state index in [9.17, 15) is 0 Å². The van der Waals surface area contributed by atoms with Crippen molar-refractivity contribution >= 4 is 17.7 Å². The SMILES string of the molecule is CCSC1CCC(NC(=NC)NCCc2ccc(C)nc2)C1. The van der Waals surface area contributed by atoms with Gasteiger partial charge in [0.05, 0.1) is 0 Å². The molecule has 0 bridgehead atoms. The van der Waals surface area contributed by atoms with Crippen LogP contribution in [0.3, 0.4) is 0 Å². The monoisotopic (exact) mass is 320 g/mol. The molecule has 1 saturated carbocycles. The maximum atomic E-state index is 4.34. The van der Waals surface area contributed by atoms with E-state index in [4.69, 9.17) is 0 Å². The number of hydrogen-bond acceptors (Lipinski definition) is 3. The third kappa shape index (κ3) is 5.52. The van der Waals surface area contributed by atoms with Crippen LogP contribution in [-0.4, -0.2) is 41.6 Å². The standard InChI is InChI=1S/C17H28N4S/c1-4-22-16-8-7-15(11-16)21-17(18-3)19-10-9-14-6-5-13(2)20-12-14/h5-6,12,15-16H,4,7-11H2,1-3H3,(H2,18,19,21). The highest BCUT2D eigenvalue weighted by Crippen LogP contribution is 2.29. The lowest BCUT2D eigenvalue weighted by Gasteiger charge is -2.17. The Hall–Kier alpha value is -1.23. The average molecular weight is 321 g/mol. The summed E-state index contributed by atoms with van der Waals surface area (Å²) >= 11 is 2.09. The molecule has 4 nitrogen and oxygen atoms in total. The van der Waals surface area contributed by atoms with Crippen LogP contribution in [0.25, 0.3) is 0 Å². The predicted octanol–water partition coefficient (Wildman–Crippen LogP) is 2.77. The first-order chi connectivity index (χ1) is 10.7. The molecule has 1 heterocycles. The maximum Gasteiger partial charge on any atom is 0.191 e. The van der Waals surface area contributed by atoms with Gasteiger partial charge in [-0.15, -0.1) is 0 Å². The van der Waals surface area contributed by atoms with Gasteiger partial charge in [0, 0.05) is 36.8 Å². The van der Waals surface area contributed by atoms with Gasteiger partial charge in [-0.05, 0) is 50.0 Å². The zero-order chi connectivity index (χ0) is 15.8. The van der Waals surface area contributed by atoms with Crippen LogP contribution in [0.4, 0.5) is 0 Å². The second-order valence-electron chi connectivity index (χ2n) is 5.79. The summed E-state index contributed by atoms with van der Waals surface area (Å²) in [6.07, 6.45) is 6.74. The van der Waals surface area contributed by atoms with Crippen LogP contribution in [0.5, 0.6) is 0 Å². The molecule has 2 atom stereocenters. The highest BCUT2D eigenvalue weighted by molar-refractivity contribution is 7.99. The Morgan fingerprint density at radius 3 is 2.95 bits per heavy atom. The van der Waals surface area contributed by atoms with Gasteiger partial charge in [-0.25, -0.2) is 0 Å². The number of thioether (sulfide) groups is 1. The molecule has 22 heavy (non-hydrogen) atoms. The van der Waals surface area contributed by atoms with Crippen LogP contribution in [-0.2, 0) is 6.42 Å².